The van der Waals surface area contributed by atoms with Gasteiger partial charge in [-0.25, -0.2) is 4.98 Å². The number of nitrogen functional groups attached to an aromatic ring is 1. The predicted molar refractivity (Wildman–Crippen MR) is 72.3 cm³/mol. The number of hydrogen-bond donors (Lipinski definition) is 1. The summed E-state index contributed by atoms with van der Waals surface area (Å²) in [6.45, 7) is 6.40. The van der Waals surface area contributed by atoms with Crippen LogP contribution in [0.15, 0.2) is 12.3 Å². The molecule has 5 nitrogen and oxygen atoms in total. The SMILES string of the molecule is COCCN(CC(C)C)c1nccc(C#N)c1N. The molecular weight excluding hydrogens is 228 g/mol. The number of rotatable bonds is 6. The van der Waals surface area contributed by atoms with E-state index in [9.17, 15) is 0 Å². The van der Waals surface area contributed by atoms with Gasteiger partial charge in [0.25, 0.3) is 0 Å². The van der Waals surface area contributed by atoms with Gasteiger partial charge in [0.2, 0.25) is 0 Å². The number of aromatic nitrogens is 1. The number of ether oxygens (including phenoxy) is 1. The Kier molecular flexibility index (Phi) is 5.40. The second-order valence-corrected chi connectivity index (χ2v) is 4.54. The second-order valence-electron chi connectivity index (χ2n) is 4.54. The highest BCUT2D eigenvalue weighted by molar-refractivity contribution is 5.69. The summed E-state index contributed by atoms with van der Waals surface area (Å²) in [6.07, 6.45) is 1.62. The number of anilines is 2. The van der Waals surface area contributed by atoms with Crippen molar-refractivity contribution in [1.29, 1.82) is 5.26 Å². The molecule has 1 aromatic heterocycles. The summed E-state index contributed by atoms with van der Waals surface area (Å²) in [5, 5.41) is 8.98. The number of methoxy groups -OCH3 is 1. The van der Waals surface area contributed by atoms with E-state index in [1.54, 1.807) is 19.4 Å². The van der Waals surface area contributed by atoms with Crippen molar-refractivity contribution in [2.75, 3.05) is 37.4 Å². The normalized spacial score (nSPS) is 10.4. The van der Waals surface area contributed by atoms with Crippen LogP contribution in [0.5, 0.6) is 0 Å². The quantitative estimate of drug-likeness (QED) is 0.828. The molecule has 0 aromatic carbocycles. The molecule has 1 aromatic rings. The average Bonchev–Trinajstić information content (AvgIpc) is 2.34. The Bertz CT molecular complexity index is 425. The fourth-order valence-corrected chi connectivity index (χ4v) is 1.74. The van der Waals surface area contributed by atoms with Crippen LogP contribution in [-0.2, 0) is 4.74 Å². The molecule has 0 atom stereocenters. The van der Waals surface area contributed by atoms with Gasteiger partial charge >= 0.3 is 0 Å². The van der Waals surface area contributed by atoms with Crippen molar-refractivity contribution in [3.8, 4) is 6.07 Å². The molecule has 0 fully saturated rings. The van der Waals surface area contributed by atoms with Gasteiger partial charge in [0, 0.05) is 26.4 Å². The molecule has 0 amide bonds. The molecule has 0 radical (unpaired) electrons. The maximum absolute atomic E-state index is 8.98. The van der Waals surface area contributed by atoms with Crippen LogP contribution in [0.1, 0.15) is 19.4 Å². The van der Waals surface area contributed by atoms with Gasteiger partial charge < -0.3 is 15.4 Å². The molecule has 18 heavy (non-hydrogen) atoms. The van der Waals surface area contributed by atoms with Crippen molar-refractivity contribution in [3.05, 3.63) is 17.8 Å². The Morgan fingerprint density at radius 2 is 2.28 bits per heavy atom. The molecule has 0 aliphatic carbocycles. The fourth-order valence-electron chi connectivity index (χ4n) is 1.74. The Balaban J connectivity index is 3.00. The molecule has 0 bridgehead atoms. The third-order valence-corrected chi connectivity index (χ3v) is 2.54. The van der Waals surface area contributed by atoms with E-state index in [0.29, 0.717) is 36.1 Å². The Hall–Kier alpha value is -1.80. The molecule has 0 aliphatic rings. The van der Waals surface area contributed by atoms with Gasteiger partial charge in [-0.15, -0.1) is 0 Å². The van der Waals surface area contributed by atoms with E-state index in [2.05, 4.69) is 29.8 Å². The van der Waals surface area contributed by atoms with Crippen molar-refractivity contribution in [2.24, 2.45) is 5.92 Å². The predicted octanol–water partition coefficient (Wildman–Crippen LogP) is 1.64. The van der Waals surface area contributed by atoms with Crippen LogP contribution in [0.2, 0.25) is 0 Å². The molecule has 0 aliphatic heterocycles. The minimum absolute atomic E-state index is 0.441. The Morgan fingerprint density at radius 1 is 1.56 bits per heavy atom. The highest BCUT2D eigenvalue weighted by Crippen LogP contribution is 2.24. The van der Waals surface area contributed by atoms with Crippen LogP contribution in [0, 0.1) is 17.2 Å². The summed E-state index contributed by atoms with van der Waals surface area (Å²) in [7, 11) is 1.66. The van der Waals surface area contributed by atoms with Gasteiger partial charge in [0.05, 0.1) is 17.9 Å². The summed E-state index contributed by atoms with van der Waals surface area (Å²) in [6, 6.07) is 3.70. The van der Waals surface area contributed by atoms with E-state index in [1.165, 1.54) is 0 Å². The van der Waals surface area contributed by atoms with Gasteiger partial charge in [-0.2, -0.15) is 5.26 Å². The van der Waals surface area contributed by atoms with Crippen LogP contribution in [0.3, 0.4) is 0 Å². The molecule has 98 valence electrons. The van der Waals surface area contributed by atoms with E-state index in [0.717, 1.165) is 6.54 Å². The van der Waals surface area contributed by atoms with Crippen LogP contribution in [0.25, 0.3) is 0 Å². The van der Waals surface area contributed by atoms with Gasteiger partial charge in [-0.3, -0.25) is 0 Å². The zero-order chi connectivity index (χ0) is 13.5. The third kappa shape index (κ3) is 3.60. The van der Waals surface area contributed by atoms with E-state index in [4.69, 9.17) is 15.7 Å². The number of pyridine rings is 1. The summed E-state index contributed by atoms with van der Waals surface area (Å²) >= 11 is 0. The Morgan fingerprint density at radius 3 is 2.83 bits per heavy atom. The van der Waals surface area contributed by atoms with Crippen LogP contribution >= 0.6 is 0 Å². The van der Waals surface area contributed by atoms with Crippen LogP contribution in [0.4, 0.5) is 11.5 Å². The Labute approximate surface area is 108 Å². The first-order chi connectivity index (χ1) is 8.60. The van der Waals surface area contributed by atoms with Crippen molar-refractivity contribution < 1.29 is 4.74 Å². The summed E-state index contributed by atoms with van der Waals surface area (Å²) < 4.78 is 5.10. The lowest BCUT2D eigenvalue weighted by Crippen LogP contribution is -2.32. The smallest absolute Gasteiger partial charge is 0.153 e. The highest BCUT2D eigenvalue weighted by Gasteiger charge is 2.15. The largest absolute Gasteiger partial charge is 0.395 e. The first-order valence-electron chi connectivity index (χ1n) is 5.98. The number of nitrogens with zero attached hydrogens (tertiary/aromatic N) is 3. The molecular formula is C13H20N4O. The lowest BCUT2D eigenvalue weighted by molar-refractivity contribution is 0.204. The van der Waals surface area contributed by atoms with Gasteiger partial charge in [-0.05, 0) is 12.0 Å². The standard InChI is InChI=1S/C13H20N4O/c1-10(2)9-17(6-7-18-3)13-12(15)11(8-14)4-5-16-13/h4-5,10H,6-7,9,15H2,1-3H3. The maximum Gasteiger partial charge on any atom is 0.153 e. The molecule has 0 unspecified atom stereocenters. The molecule has 1 heterocycles. The van der Waals surface area contributed by atoms with Gasteiger partial charge in [0.15, 0.2) is 5.82 Å². The lowest BCUT2D eigenvalue weighted by Gasteiger charge is -2.26. The van der Waals surface area contributed by atoms with Crippen LogP contribution in [-0.4, -0.2) is 31.8 Å². The first kappa shape index (κ1) is 14.3. The zero-order valence-electron chi connectivity index (χ0n) is 11.2. The molecule has 2 N–H and O–H groups in total. The maximum atomic E-state index is 8.98. The monoisotopic (exact) mass is 248 g/mol. The average molecular weight is 248 g/mol. The molecule has 1 rings (SSSR count). The van der Waals surface area contributed by atoms with E-state index < -0.39 is 0 Å². The molecule has 0 spiro atoms. The lowest BCUT2D eigenvalue weighted by atomic mass is 10.2. The zero-order valence-corrected chi connectivity index (χ0v) is 11.2. The van der Waals surface area contributed by atoms with Gasteiger partial charge in [0.1, 0.15) is 6.07 Å². The topological polar surface area (TPSA) is 75.2 Å². The fraction of sp³-hybridized carbons (Fsp3) is 0.538. The molecule has 0 saturated heterocycles. The third-order valence-electron chi connectivity index (χ3n) is 2.54. The van der Waals surface area contributed by atoms with E-state index in [1.807, 2.05) is 0 Å². The minimum Gasteiger partial charge on any atom is -0.395 e. The molecule has 0 saturated carbocycles. The van der Waals surface area contributed by atoms with Crippen molar-refractivity contribution in [2.45, 2.75) is 13.8 Å². The summed E-state index contributed by atoms with van der Waals surface area (Å²) in [4.78, 5) is 6.35. The van der Waals surface area contributed by atoms with Crippen molar-refractivity contribution >= 4 is 11.5 Å². The first-order valence-corrected chi connectivity index (χ1v) is 5.98. The number of hydrogen-bond acceptors (Lipinski definition) is 5. The summed E-state index contributed by atoms with van der Waals surface area (Å²) in [5.74, 6) is 1.15. The van der Waals surface area contributed by atoms with Gasteiger partial charge in [-0.1, -0.05) is 13.8 Å². The number of nitrogens with two attached hydrogens (primary N) is 1. The molecule has 5 heteroatoms. The van der Waals surface area contributed by atoms with Crippen molar-refractivity contribution in [1.82, 2.24) is 4.98 Å². The van der Waals surface area contributed by atoms with E-state index >= 15 is 0 Å². The van der Waals surface area contributed by atoms with Crippen molar-refractivity contribution in [3.63, 3.8) is 0 Å². The van der Waals surface area contributed by atoms with Crippen LogP contribution < -0.4 is 10.6 Å². The number of nitriles is 1. The van der Waals surface area contributed by atoms with E-state index in [-0.39, 0.29) is 0 Å². The minimum atomic E-state index is 0.441. The summed E-state index contributed by atoms with van der Waals surface area (Å²) in [5.41, 5.74) is 6.88. The highest BCUT2D eigenvalue weighted by atomic mass is 16.5. The second kappa shape index (κ2) is 6.82.